The number of aromatic nitrogens is 2. The highest BCUT2D eigenvalue weighted by Crippen LogP contribution is 2.56. The molecule has 114 valence electrons. The van der Waals surface area contributed by atoms with Gasteiger partial charge in [0.05, 0.1) is 18.9 Å². The number of hydrogen-bond acceptors (Lipinski definition) is 4. The summed E-state index contributed by atoms with van der Waals surface area (Å²) >= 11 is 0. The van der Waals surface area contributed by atoms with E-state index in [0.29, 0.717) is 11.8 Å². The van der Waals surface area contributed by atoms with Crippen LogP contribution in [0, 0.1) is 18.8 Å². The summed E-state index contributed by atoms with van der Waals surface area (Å²) in [5.74, 6) is 1.55. The van der Waals surface area contributed by atoms with Gasteiger partial charge in [0.1, 0.15) is 5.82 Å². The Morgan fingerprint density at radius 3 is 2.76 bits per heavy atom. The van der Waals surface area contributed by atoms with Crippen LogP contribution in [0.15, 0.2) is 6.20 Å². The van der Waals surface area contributed by atoms with E-state index in [0.717, 1.165) is 38.3 Å². The molecule has 0 aromatic carbocycles. The summed E-state index contributed by atoms with van der Waals surface area (Å²) in [6, 6.07) is 0. The van der Waals surface area contributed by atoms with Crippen molar-refractivity contribution in [3.63, 3.8) is 0 Å². The first-order valence-electron chi connectivity index (χ1n) is 8.16. The van der Waals surface area contributed by atoms with Crippen molar-refractivity contribution in [2.45, 2.75) is 57.7 Å². The highest BCUT2D eigenvalue weighted by atomic mass is 16.7. The van der Waals surface area contributed by atoms with Crippen molar-refractivity contribution >= 4 is 0 Å². The Labute approximate surface area is 126 Å². The molecule has 0 amide bonds. The van der Waals surface area contributed by atoms with E-state index in [1.807, 2.05) is 13.1 Å². The molecule has 2 fully saturated rings. The van der Waals surface area contributed by atoms with E-state index < -0.39 is 0 Å². The third kappa shape index (κ3) is 1.82. The van der Waals surface area contributed by atoms with E-state index in [2.05, 4.69) is 18.8 Å². The lowest BCUT2D eigenvalue weighted by atomic mass is 9.55. The van der Waals surface area contributed by atoms with Crippen LogP contribution in [0.3, 0.4) is 0 Å². The fraction of sp³-hybridized carbons (Fsp3) is 0.765. The predicted octanol–water partition coefficient (Wildman–Crippen LogP) is 2.78. The van der Waals surface area contributed by atoms with Gasteiger partial charge in [0, 0.05) is 24.0 Å². The van der Waals surface area contributed by atoms with Gasteiger partial charge < -0.3 is 9.47 Å². The molecule has 0 unspecified atom stereocenters. The van der Waals surface area contributed by atoms with E-state index in [1.165, 1.54) is 17.7 Å². The summed E-state index contributed by atoms with van der Waals surface area (Å²) in [5.41, 5.74) is 2.77. The summed E-state index contributed by atoms with van der Waals surface area (Å²) in [7, 11) is 0. The number of aryl methyl sites for hydroxylation is 2. The largest absolute Gasteiger partial charge is 0.347 e. The third-order valence-electron chi connectivity index (χ3n) is 6.14. The molecule has 1 spiro atoms. The number of ether oxygens (including phenoxy) is 2. The van der Waals surface area contributed by atoms with Crippen molar-refractivity contribution in [1.29, 1.82) is 0 Å². The lowest BCUT2D eigenvalue weighted by molar-refractivity contribution is -0.234. The Kier molecular flexibility index (Phi) is 2.92. The summed E-state index contributed by atoms with van der Waals surface area (Å²) in [5, 5.41) is 0. The molecule has 4 heteroatoms. The van der Waals surface area contributed by atoms with Gasteiger partial charge in [-0.25, -0.2) is 9.97 Å². The van der Waals surface area contributed by atoms with Crippen LogP contribution in [0.2, 0.25) is 0 Å². The smallest absolute Gasteiger partial charge is 0.171 e. The van der Waals surface area contributed by atoms with E-state index in [4.69, 9.17) is 14.5 Å². The van der Waals surface area contributed by atoms with E-state index in [9.17, 15) is 0 Å². The van der Waals surface area contributed by atoms with Crippen molar-refractivity contribution in [1.82, 2.24) is 9.97 Å². The van der Waals surface area contributed by atoms with Gasteiger partial charge in [0.2, 0.25) is 0 Å². The van der Waals surface area contributed by atoms with Crippen LogP contribution in [0.25, 0.3) is 0 Å². The van der Waals surface area contributed by atoms with Gasteiger partial charge in [0.15, 0.2) is 5.79 Å². The summed E-state index contributed by atoms with van der Waals surface area (Å²) in [6.45, 7) is 8.17. The maximum Gasteiger partial charge on any atom is 0.171 e. The van der Waals surface area contributed by atoms with Crippen LogP contribution in [-0.4, -0.2) is 29.0 Å². The van der Waals surface area contributed by atoms with Crippen molar-refractivity contribution in [3.8, 4) is 0 Å². The number of rotatable bonds is 0. The Balaban J connectivity index is 1.76. The van der Waals surface area contributed by atoms with Gasteiger partial charge >= 0.3 is 0 Å². The van der Waals surface area contributed by atoms with Gasteiger partial charge in [-0.05, 0) is 37.7 Å². The third-order valence-corrected chi connectivity index (χ3v) is 6.14. The van der Waals surface area contributed by atoms with Crippen LogP contribution in [0.5, 0.6) is 0 Å². The Bertz CT molecular complexity index is 568. The zero-order chi connectivity index (χ0) is 14.7. The summed E-state index contributed by atoms with van der Waals surface area (Å²) in [6.07, 6.45) is 6.37. The molecule has 4 rings (SSSR count). The zero-order valence-corrected chi connectivity index (χ0v) is 13.2. The van der Waals surface area contributed by atoms with Crippen LogP contribution < -0.4 is 0 Å². The summed E-state index contributed by atoms with van der Waals surface area (Å²) in [4.78, 5) is 9.22. The van der Waals surface area contributed by atoms with Gasteiger partial charge in [-0.3, -0.25) is 0 Å². The average molecular weight is 288 g/mol. The molecule has 2 aliphatic carbocycles. The first-order chi connectivity index (χ1) is 10.1. The molecule has 0 N–H and O–H groups in total. The van der Waals surface area contributed by atoms with Crippen LogP contribution >= 0.6 is 0 Å². The predicted molar refractivity (Wildman–Crippen MR) is 79.0 cm³/mol. The number of hydrogen-bond donors (Lipinski definition) is 0. The SMILES string of the molecule is Cc1ncc2c(n1)[C@@]1(C)CCC3(OCCO3)[C@@H](C)[C@@H]1CC2. The average Bonchev–Trinajstić information content (AvgIpc) is 2.94. The minimum absolute atomic E-state index is 0.140. The highest BCUT2D eigenvalue weighted by molar-refractivity contribution is 5.32. The number of nitrogens with zero attached hydrogens (tertiary/aromatic N) is 2. The van der Waals surface area contributed by atoms with Gasteiger partial charge in [-0.1, -0.05) is 13.8 Å². The molecule has 1 aromatic heterocycles. The molecule has 1 aliphatic heterocycles. The van der Waals surface area contributed by atoms with E-state index in [1.54, 1.807) is 0 Å². The van der Waals surface area contributed by atoms with Crippen molar-refractivity contribution in [3.05, 3.63) is 23.3 Å². The zero-order valence-electron chi connectivity index (χ0n) is 13.2. The normalized spacial score (nSPS) is 37.3. The van der Waals surface area contributed by atoms with Crippen molar-refractivity contribution in [2.24, 2.45) is 11.8 Å². The first kappa shape index (κ1) is 13.6. The highest BCUT2D eigenvalue weighted by Gasteiger charge is 2.57. The minimum atomic E-state index is -0.330. The molecule has 4 nitrogen and oxygen atoms in total. The lowest BCUT2D eigenvalue weighted by Crippen LogP contribution is -2.55. The van der Waals surface area contributed by atoms with Gasteiger partial charge in [0.25, 0.3) is 0 Å². The Morgan fingerprint density at radius 1 is 1.24 bits per heavy atom. The molecule has 1 saturated heterocycles. The lowest BCUT2D eigenvalue weighted by Gasteiger charge is -2.54. The van der Waals surface area contributed by atoms with Crippen LogP contribution in [0.1, 0.15) is 50.2 Å². The van der Waals surface area contributed by atoms with Crippen molar-refractivity contribution < 1.29 is 9.47 Å². The molecule has 0 radical (unpaired) electrons. The second-order valence-electron chi connectivity index (χ2n) is 7.15. The molecule has 3 atom stereocenters. The molecular formula is C17H24N2O2. The second kappa shape index (κ2) is 4.50. The van der Waals surface area contributed by atoms with E-state index >= 15 is 0 Å². The summed E-state index contributed by atoms with van der Waals surface area (Å²) < 4.78 is 12.1. The molecule has 0 bridgehead atoms. The van der Waals surface area contributed by atoms with Gasteiger partial charge in [-0.15, -0.1) is 0 Å². The minimum Gasteiger partial charge on any atom is -0.347 e. The monoisotopic (exact) mass is 288 g/mol. The molecule has 3 aliphatic rings. The second-order valence-corrected chi connectivity index (χ2v) is 7.15. The Hall–Kier alpha value is -1.00. The number of fused-ring (bicyclic) bond motifs is 3. The first-order valence-corrected chi connectivity index (χ1v) is 8.16. The molecule has 1 saturated carbocycles. The molecule has 1 aromatic rings. The molecule has 21 heavy (non-hydrogen) atoms. The Morgan fingerprint density at radius 2 is 2.00 bits per heavy atom. The molecular weight excluding hydrogens is 264 g/mol. The van der Waals surface area contributed by atoms with Crippen LogP contribution in [0.4, 0.5) is 0 Å². The maximum absolute atomic E-state index is 6.04. The van der Waals surface area contributed by atoms with Gasteiger partial charge in [-0.2, -0.15) is 0 Å². The maximum atomic E-state index is 6.04. The molecule has 2 heterocycles. The standard InChI is InChI=1S/C17H24N2O2/c1-11-14-5-4-13-10-18-12(2)19-15(13)16(14,3)6-7-17(11)20-8-9-21-17/h10-11,14H,4-9H2,1-3H3/t11-,14-,16-/m0/s1. The fourth-order valence-corrected chi connectivity index (χ4v) is 4.93. The fourth-order valence-electron chi connectivity index (χ4n) is 4.93. The quantitative estimate of drug-likeness (QED) is 0.736. The topological polar surface area (TPSA) is 44.2 Å². The van der Waals surface area contributed by atoms with E-state index in [-0.39, 0.29) is 11.2 Å². The van der Waals surface area contributed by atoms with Crippen LogP contribution in [-0.2, 0) is 21.3 Å². The van der Waals surface area contributed by atoms with Crippen molar-refractivity contribution in [2.75, 3.05) is 13.2 Å².